The number of sulfonamides is 1. The maximum Gasteiger partial charge on any atom is 0.264 e. The third-order valence-electron chi connectivity index (χ3n) is 5.50. The van der Waals surface area contributed by atoms with Crippen LogP contribution in [-0.4, -0.2) is 36.6 Å². The number of hydrogen-bond donors (Lipinski definition) is 1. The Morgan fingerprint density at radius 2 is 1.81 bits per heavy atom. The van der Waals surface area contributed by atoms with Gasteiger partial charge in [0.2, 0.25) is 0 Å². The van der Waals surface area contributed by atoms with Gasteiger partial charge in [0.25, 0.3) is 15.9 Å². The van der Waals surface area contributed by atoms with Crippen molar-refractivity contribution in [2.24, 2.45) is 5.10 Å². The minimum absolute atomic E-state index is 0.0746. The maximum atomic E-state index is 13.3. The molecule has 0 saturated carbocycles. The number of hydrogen-bond acceptors (Lipinski definition) is 5. The Bertz CT molecular complexity index is 1490. The minimum atomic E-state index is -4.00. The van der Waals surface area contributed by atoms with Crippen LogP contribution in [0.1, 0.15) is 17.0 Å². The largest absolute Gasteiger partial charge is 0.318 e. The number of halogens is 1. The fraction of sp³-hybridized carbons (Fsp3) is 0.115. The van der Waals surface area contributed by atoms with E-state index in [1.54, 1.807) is 36.5 Å². The Hall–Kier alpha value is -3.76. The van der Waals surface area contributed by atoms with Gasteiger partial charge >= 0.3 is 0 Å². The van der Waals surface area contributed by atoms with Crippen molar-refractivity contribution in [2.75, 3.05) is 10.8 Å². The molecule has 8 nitrogen and oxygen atoms in total. The second-order valence-corrected chi connectivity index (χ2v) is 10.7. The summed E-state index contributed by atoms with van der Waals surface area (Å²) >= 11 is 3.45. The van der Waals surface area contributed by atoms with E-state index in [1.165, 1.54) is 24.5 Å². The van der Waals surface area contributed by atoms with Gasteiger partial charge in [-0.05, 0) is 68.4 Å². The van der Waals surface area contributed by atoms with E-state index in [0.29, 0.717) is 0 Å². The van der Waals surface area contributed by atoms with E-state index < -0.39 is 22.5 Å². The van der Waals surface area contributed by atoms with Crippen molar-refractivity contribution in [3.8, 4) is 5.69 Å². The number of aryl methyl sites for hydroxylation is 1. The number of nitrogens with one attached hydrogen (secondary N) is 1. The summed E-state index contributed by atoms with van der Waals surface area (Å²) in [4.78, 5) is 16.8. The van der Waals surface area contributed by atoms with Crippen LogP contribution in [-0.2, 0) is 14.8 Å². The average molecular weight is 566 g/mol. The Morgan fingerprint density at radius 3 is 2.47 bits per heavy atom. The molecule has 184 valence electrons. The second kappa shape index (κ2) is 10.9. The van der Waals surface area contributed by atoms with Gasteiger partial charge in [-0.1, -0.05) is 34.1 Å². The number of anilines is 1. The first kappa shape index (κ1) is 25.3. The molecule has 4 rings (SSSR count). The van der Waals surface area contributed by atoms with Crippen molar-refractivity contribution >= 4 is 43.8 Å². The quantitative estimate of drug-likeness (QED) is 0.249. The fourth-order valence-corrected chi connectivity index (χ4v) is 5.47. The molecule has 36 heavy (non-hydrogen) atoms. The molecule has 2 heterocycles. The first-order valence-corrected chi connectivity index (χ1v) is 13.3. The molecule has 10 heteroatoms. The highest BCUT2D eigenvalue weighted by molar-refractivity contribution is 9.10. The Morgan fingerprint density at radius 1 is 1.08 bits per heavy atom. The zero-order chi connectivity index (χ0) is 25.7. The zero-order valence-corrected chi connectivity index (χ0v) is 22.1. The van der Waals surface area contributed by atoms with E-state index in [-0.39, 0.29) is 10.6 Å². The number of amides is 1. The summed E-state index contributed by atoms with van der Waals surface area (Å²) in [7, 11) is -4.00. The summed E-state index contributed by atoms with van der Waals surface area (Å²) in [5.41, 5.74) is 6.53. The smallest absolute Gasteiger partial charge is 0.264 e. The fourth-order valence-electron chi connectivity index (χ4n) is 3.78. The van der Waals surface area contributed by atoms with Crippen LogP contribution in [0.4, 0.5) is 5.69 Å². The lowest BCUT2D eigenvalue weighted by atomic mass is 10.2. The average Bonchev–Trinajstić information content (AvgIpc) is 3.16. The van der Waals surface area contributed by atoms with E-state index in [1.807, 2.05) is 44.2 Å². The lowest BCUT2D eigenvalue weighted by Crippen LogP contribution is -2.39. The lowest BCUT2D eigenvalue weighted by Gasteiger charge is -2.23. The molecule has 0 bridgehead atoms. The molecular formula is C26H24BrN5O3S. The molecule has 0 spiro atoms. The molecule has 0 aliphatic heterocycles. The molecule has 2 aromatic carbocycles. The zero-order valence-electron chi connectivity index (χ0n) is 19.7. The Balaban J connectivity index is 1.52. The lowest BCUT2D eigenvalue weighted by molar-refractivity contribution is -0.119. The summed E-state index contributed by atoms with van der Waals surface area (Å²) < 4.78 is 30.7. The molecule has 1 amide bonds. The van der Waals surface area contributed by atoms with E-state index in [9.17, 15) is 13.2 Å². The monoisotopic (exact) mass is 565 g/mol. The molecule has 0 fully saturated rings. The van der Waals surface area contributed by atoms with E-state index in [2.05, 4.69) is 36.0 Å². The molecular weight excluding hydrogens is 542 g/mol. The van der Waals surface area contributed by atoms with Gasteiger partial charge in [0.1, 0.15) is 6.54 Å². The molecule has 2 aromatic heterocycles. The van der Waals surface area contributed by atoms with E-state index >= 15 is 0 Å². The number of rotatable bonds is 8. The van der Waals surface area contributed by atoms with Gasteiger partial charge in [-0.15, -0.1) is 0 Å². The normalized spacial score (nSPS) is 11.5. The predicted molar refractivity (Wildman–Crippen MR) is 144 cm³/mol. The van der Waals surface area contributed by atoms with Crippen LogP contribution in [0.3, 0.4) is 0 Å². The predicted octanol–water partition coefficient (Wildman–Crippen LogP) is 4.60. The second-order valence-electron chi connectivity index (χ2n) is 7.97. The van der Waals surface area contributed by atoms with Crippen molar-refractivity contribution in [3.63, 3.8) is 0 Å². The van der Waals surface area contributed by atoms with E-state index in [4.69, 9.17) is 0 Å². The van der Waals surface area contributed by atoms with Gasteiger partial charge in [-0.2, -0.15) is 5.10 Å². The van der Waals surface area contributed by atoms with Crippen molar-refractivity contribution in [1.29, 1.82) is 0 Å². The summed E-state index contributed by atoms with van der Waals surface area (Å²) in [5.74, 6) is -0.587. The highest BCUT2D eigenvalue weighted by Crippen LogP contribution is 2.23. The minimum Gasteiger partial charge on any atom is -0.318 e. The third kappa shape index (κ3) is 5.55. The van der Waals surface area contributed by atoms with Crippen LogP contribution in [0.2, 0.25) is 0 Å². The van der Waals surface area contributed by atoms with Crippen LogP contribution < -0.4 is 9.73 Å². The maximum absolute atomic E-state index is 13.3. The SMILES string of the molecule is Cc1cc(/C=N/NC(=O)CN(c2cccnc2)S(=O)(=O)c2ccccc2)c(C)n1-c1ccc(Br)cc1. The van der Waals surface area contributed by atoms with E-state index in [0.717, 1.165) is 31.4 Å². The van der Waals surface area contributed by atoms with Gasteiger partial charge in [-0.25, -0.2) is 13.8 Å². The van der Waals surface area contributed by atoms with Gasteiger partial charge in [0.15, 0.2) is 0 Å². The van der Waals surface area contributed by atoms with Crippen LogP contribution in [0, 0.1) is 13.8 Å². The van der Waals surface area contributed by atoms with Gasteiger partial charge in [0, 0.05) is 33.3 Å². The number of carbonyl (C=O) groups excluding carboxylic acids is 1. The first-order chi connectivity index (χ1) is 17.3. The number of hydrazone groups is 1. The van der Waals surface area contributed by atoms with Gasteiger partial charge in [0.05, 0.1) is 23.0 Å². The number of carbonyl (C=O) groups is 1. The topological polar surface area (TPSA) is 96.7 Å². The van der Waals surface area contributed by atoms with Crippen LogP contribution in [0.5, 0.6) is 0 Å². The van der Waals surface area contributed by atoms with Gasteiger partial charge in [-0.3, -0.25) is 14.1 Å². The molecule has 1 N–H and O–H groups in total. The standard InChI is InChI=1S/C26H24BrN5O3S/c1-19-15-21(20(2)32(19)23-12-10-22(27)11-13-23)16-29-30-26(33)18-31(24-7-6-14-28-17-24)36(34,35)25-8-4-3-5-9-25/h3-17H,18H2,1-2H3,(H,30,33)/b29-16+. The van der Waals surface area contributed by atoms with Crippen molar-refractivity contribution in [3.05, 3.63) is 107 Å². The first-order valence-electron chi connectivity index (χ1n) is 11.0. The molecule has 0 radical (unpaired) electrons. The van der Waals surface area contributed by atoms with Crippen molar-refractivity contribution in [1.82, 2.24) is 15.0 Å². The van der Waals surface area contributed by atoms with Crippen LogP contribution in [0.15, 0.2) is 99.7 Å². The van der Waals surface area contributed by atoms with Crippen LogP contribution >= 0.6 is 15.9 Å². The Kier molecular flexibility index (Phi) is 7.66. The molecule has 0 unspecified atom stereocenters. The third-order valence-corrected chi connectivity index (χ3v) is 7.82. The van der Waals surface area contributed by atoms with Crippen molar-refractivity contribution in [2.45, 2.75) is 18.7 Å². The summed E-state index contributed by atoms with van der Waals surface area (Å²) in [6.45, 7) is 3.50. The summed E-state index contributed by atoms with van der Waals surface area (Å²) in [6.07, 6.45) is 4.48. The number of aromatic nitrogens is 2. The Labute approximate surface area is 218 Å². The molecule has 4 aromatic rings. The summed E-state index contributed by atoms with van der Waals surface area (Å²) in [6, 6.07) is 21.1. The highest BCUT2D eigenvalue weighted by atomic mass is 79.9. The number of nitrogens with zero attached hydrogens (tertiary/aromatic N) is 4. The molecule has 0 atom stereocenters. The highest BCUT2D eigenvalue weighted by Gasteiger charge is 2.27. The van der Waals surface area contributed by atoms with Crippen molar-refractivity contribution < 1.29 is 13.2 Å². The summed E-state index contributed by atoms with van der Waals surface area (Å²) in [5, 5.41) is 4.08. The number of pyridine rings is 1. The number of benzene rings is 2. The van der Waals surface area contributed by atoms with Crippen LogP contribution in [0.25, 0.3) is 5.69 Å². The molecule has 0 aliphatic rings. The molecule has 0 saturated heterocycles. The molecule has 0 aliphatic carbocycles. The van der Waals surface area contributed by atoms with Gasteiger partial charge < -0.3 is 4.57 Å².